The molecule has 2 N–H and O–H groups in total. The normalized spacial score (nSPS) is 13.2. The smallest absolute Gasteiger partial charge is 0.199 e. The number of aromatic nitrogens is 8. The summed E-state index contributed by atoms with van der Waals surface area (Å²) in [4.78, 5) is 24.6. The number of nitrogens with one attached hydrogen (secondary N) is 2. The molecule has 0 aliphatic heterocycles. The Bertz CT molecular complexity index is 967. The van der Waals surface area contributed by atoms with E-state index in [9.17, 15) is 0 Å². The molecule has 0 bridgehead atoms. The molecule has 4 rings (SSSR count). The van der Waals surface area contributed by atoms with Crippen LogP contribution in [0.25, 0.3) is 22.3 Å². The molecule has 0 spiro atoms. The zero-order valence-corrected chi connectivity index (χ0v) is 13.8. The van der Waals surface area contributed by atoms with Crippen LogP contribution in [0.2, 0.25) is 0 Å². The van der Waals surface area contributed by atoms with Gasteiger partial charge in [0.25, 0.3) is 0 Å². The zero-order valence-electron chi connectivity index (χ0n) is 13.8. The lowest BCUT2D eigenvalue weighted by atomic mass is 10.1. The fourth-order valence-electron chi connectivity index (χ4n) is 2.62. The van der Waals surface area contributed by atoms with Crippen molar-refractivity contribution in [2.75, 3.05) is 0 Å². The molecule has 0 radical (unpaired) electrons. The second-order valence-corrected chi connectivity index (χ2v) is 6.30. The van der Waals surface area contributed by atoms with Crippen molar-refractivity contribution in [1.82, 2.24) is 40.1 Å². The zero-order chi connectivity index (χ0) is 16.7. The first-order valence-corrected chi connectivity index (χ1v) is 7.99. The van der Waals surface area contributed by atoms with Gasteiger partial charge in [-0.3, -0.25) is 0 Å². The van der Waals surface area contributed by atoms with Gasteiger partial charge in [-0.1, -0.05) is 20.8 Å². The minimum absolute atomic E-state index is 0.139. The molecule has 0 aliphatic rings. The fourth-order valence-corrected chi connectivity index (χ4v) is 2.62. The quantitative estimate of drug-likeness (QED) is 0.597. The number of H-pyrrole nitrogens is 2. The van der Waals surface area contributed by atoms with Crippen molar-refractivity contribution in [3.63, 3.8) is 0 Å². The van der Waals surface area contributed by atoms with E-state index in [1.807, 2.05) is 6.07 Å². The van der Waals surface area contributed by atoms with Crippen LogP contribution >= 0.6 is 0 Å². The van der Waals surface area contributed by atoms with Gasteiger partial charge >= 0.3 is 0 Å². The van der Waals surface area contributed by atoms with Crippen LogP contribution in [0.15, 0.2) is 18.5 Å². The summed E-state index contributed by atoms with van der Waals surface area (Å²) in [6.07, 6.45) is 4.12. The Morgan fingerprint density at radius 1 is 0.958 bits per heavy atom. The lowest BCUT2D eigenvalue weighted by Gasteiger charge is -2.06. The van der Waals surface area contributed by atoms with E-state index in [0.29, 0.717) is 23.6 Å². The second kappa shape index (κ2) is 5.63. The second-order valence-electron chi connectivity index (χ2n) is 6.30. The van der Waals surface area contributed by atoms with Crippen LogP contribution in [0.5, 0.6) is 0 Å². The van der Waals surface area contributed by atoms with E-state index in [4.69, 9.17) is 0 Å². The molecule has 0 amide bonds. The van der Waals surface area contributed by atoms with Crippen LogP contribution in [-0.4, -0.2) is 40.1 Å². The Kier molecular flexibility index (Phi) is 3.44. The van der Waals surface area contributed by atoms with Crippen molar-refractivity contribution in [2.24, 2.45) is 0 Å². The van der Waals surface area contributed by atoms with Gasteiger partial charge < -0.3 is 9.97 Å². The molecule has 1 unspecified atom stereocenters. The summed E-state index contributed by atoms with van der Waals surface area (Å²) < 4.78 is 0. The Hall–Kier alpha value is -2.90. The summed E-state index contributed by atoms with van der Waals surface area (Å²) in [7, 11) is 0. The molecule has 0 aromatic carbocycles. The van der Waals surface area contributed by atoms with Gasteiger partial charge in [0.05, 0.1) is 17.9 Å². The van der Waals surface area contributed by atoms with Crippen LogP contribution in [0.3, 0.4) is 0 Å². The highest BCUT2D eigenvalue weighted by atomic mass is 15.1. The molecule has 1 atom stereocenters. The third-order valence-corrected chi connectivity index (χ3v) is 4.00. The fraction of sp³-hybridized carbons (Fsp3) is 0.375. The molecule has 4 aromatic rings. The third kappa shape index (κ3) is 2.60. The summed E-state index contributed by atoms with van der Waals surface area (Å²) in [5, 5.41) is 7.86. The van der Waals surface area contributed by atoms with Gasteiger partial charge in [0.15, 0.2) is 11.3 Å². The van der Waals surface area contributed by atoms with Crippen LogP contribution in [0.4, 0.5) is 0 Å². The SMILES string of the molecule is CC(C)c1nc2nc(CC(C)c3nc4nnccc4[nH]3)ncc2[nH]1. The molecule has 8 heteroatoms. The first-order valence-electron chi connectivity index (χ1n) is 7.99. The highest BCUT2D eigenvalue weighted by Crippen LogP contribution is 2.20. The third-order valence-electron chi connectivity index (χ3n) is 4.00. The number of aromatic amines is 2. The number of rotatable bonds is 4. The average molecular weight is 322 g/mol. The molecule has 4 heterocycles. The van der Waals surface area contributed by atoms with Crippen molar-refractivity contribution < 1.29 is 0 Å². The van der Waals surface area contributed by atoms with Gasteiger partial charge in [0, 0.05) is 18.3 Å². The Balaban J connectivity index is 1.60. The number of hydrogen-bond donors (Lipinski definition) is 2. The summed E-state index contributed by atoms with van der Waals surface area (Å²) >= 11 is 0. The summed E-state index contributed by atoms with van der Waals surface area (Å²) in [5.74, 6) is 3.01. The predicted octanol–water partition coefficient (Wildman–Crippen LogP) is 2.49. The maximum Gasteiger partial charge on any atom is 0.199 e. The van der Waals surface area contributed by atoms with Crippen LogP contribution in [0, 0.1) is 0 Å². The van der Waals surface area contributed by atoms with Crippen LogP contribution in [-0.2, 0) is 6.42 Å². The van der Waals surface area contributed by atoms with Crippen molar-refractivity contribution in [2.45, 2.75) is 39.0 Å². The first-order chi connectivity index (χ1) is 11.6. The minimum Gasteiger partial charge on any atom is -0.340 e. The molecule has 122 valence electrons. The number of imidazole rings is 2. The molecular weight excluding hydrogens is 304 g/mol. The monoisotopic (exact) mass is 322 g/mol. The lowest BCUT2D eigenvalue weighted by molar-refractivity contribution is 0.683. The van der Waals surface area contributed by atoms with Gasteiger partial charge in [-0.05, 0) is 6.07 Å². The van der Waals surface area contributed by atoms with Gasteiger partial charge in [-0.2, -0.15) is 5.10 Å². The molecule has 4 aromatic heterocycles. The molecular formula is C16H18N8. The van der Waals surface area contributed by atoms with E-state index in [2.05, 4.69) is 60.9 Å². The minimum atomic E-state index is 0.139. The van der Waals surface area contributed by atoms with Crippen molar-refractivity contribution in [1.29, 1.82) is 0 Å². The molecule has 0 aliphatic carbocycles. The summed E-state index contributed by atoms with van der Waals surface area (Å²) in [6, 6.07) is 1.87. The maximum atomic E-state index is 4.57. The van der Waals surface area contributed by atoms with Crippen molar-refractivity contribution >= 4 is 22.3 Å². The predicted molar refractivity (Wildman–Crippen MR) is 89.6 cm³/mol. The Labute approximate surface area is 138 Å². The molecule has 8 nitrogen and oxygen atoms in total. The van der Waals surface area contributed by atoms with E-state index in [0.717, 1.165) is 28.5 Å². The summed E-state index contributed by atoms with van der Waals surface area (Å²) in [6.45, 7) is 6.28. The van der Waals surface area contributed by atoms with Gasteiger partial charge in [0.1, 0.15) is 23.0 Å². The van der Waals surface area contributed by atoms with Gasteiger partial charge in [-0.15, -0.1) is 5.10 Å². The highest BCUT2D eigenvalue weighted by molar-refractivity contribution is 5.70. The van der Waals surface area contributed by atoms with Gasteiger partial charge in [-0.25, -0.2) is 19.9 Å². The van der Waals surface area contributed by atoms with Crippen molar-refractivity contribution in [3.8, 4) is 0 Å². The van der Waals surface area contributed by atoms with E-state index < -0.39 is 0 Å². The first kappa shape index (κ1) is 14.7. The Morgan fingerprint density at radius 3 is 2.54 bits per heavy atom. The molecule has 0 fully saturated rings. The number of nitrogens with zero attached hydrogens (tertiary/aromatic N) is 6. The molecule has 0 saturated heterocycles. The largest absolute Gasteiger partial charge is 0.340 e. The Morgan fingerprint density at radius 2 is 1.75 bits per heavy atom. The van der Waals surface area contributed by atoms with Crippen LogP contribution in [0.1, 0.15) is 50.1 Å². The number of hydrogen-bond acceptors (Lipinski definition) is 6. The van der Waals surface area contributed by atoms with Gasteiger partial charge in [0.2, 0.25) is 0 Å². The molecule has 24 heavy (non-hydrogen) atoms. The highest BCUT2D eigenvalue weighted by Gasteiger charge is 2.15. The summed E-state index contributed by atoms with van der Waals surface area (Å²) in [5.41, 5.74) is 3.10. The van der Waals surface area contributed by atoms with E-state index >= 15 is 0 Å². The average Bonchev–Trinajstić information content (AvgIpc) is 3.18. The van der Waals surface area contributed by atoms with Crippen LogP contribution < -0.4 is 0 Å². The molecule has 0 saturated carbocycles. The van der Waals surface area contributed by atoms with E-state index in [-0.39, 0.29) is 5.92 Å². The standard InChI is InChI=1S/C16H18N8/c1-8(2)13-20-11-7-17-12(21-15(11)22-13)6-9(3)14-19-10-4-5-18-24-16(10)23-14/h4-5,7-9H,6H2,1-3H3,(H,19,23,24)(H,17,20,21,22). The topological polar surface area (TPSA) is 109 Å². The number of fused-ring (bicyclic) bond motifs is 2. The maximum absolute atomic E-state index is 4.57. The van der Waals surface area contributed by atoms with E-state index in [1.165, 1.54) is 0 Å². The lowest BCUT2D eigenvalue weighted by Crippen LogP contribution is -2.04. The van der Waals surface area contributed by atoms with Crippen molar-refractivity contribution in [3.05, 3.63) is 35.9 Å². The van der Waals surface area contributed by atoms with E-state index in [1.54, 1.807) is 12.4 Å².